The highest BCUT2D eigenvalue weighted by Gasteiger charge is 2.16. The van der Waals surface area contributed by atoms with Gasteiger partial charge in [0.05, 0.1) is 29.8 Å². The van der Waals surface area contributed by atoms with Crippen LogP contribution in [-0.4, -0.2) is 25.3 Å². The van der Waals surface area contributed by atoms with E-state index in [0.29, 0.717) is 5.56 Å². The summed E-state index contributed by atoms with van der Waals surface area (Å²) in [6.45, 7) is 0. The van der Waals surface area contributed by atoms with Crippen molar-refractivity contribution in [2.75, 3.05) is 14.2 Å². The van der Waals surface area contributed by atoms with E-state index in [-0.39, 0.29) is 15.6 Å². The van der Waals surface area contributed by atoms with Crippen molar-refractivity contribution >= 4 is 53.8 Å². The molecule has 30 heavy (non-hydrogen) atoms. The van der Waals surface area contributed by atoms with Gasteiger partial charge in [-0.2, -0.15) is 0 Å². The van der Waals surface area contributed by atoms with Gasteiger partial charge in [-0.05, 0) is 60.5 Å². The van der Waals surface area contributed by atoms with Crippen molar-refractivity contribution in [2.24, 2.45) is 0 Å². The second kappa shape index (κ2) is 9.99. The average molecular weight is 461 g/mol. The summed E-state index contributed by atoms with van der Waals surface area (Å²) in [6.07, 6.45) is 1.90. The van der Waals surface area contributed by atoms with Crippen LogP contribution in [0.25, 0.3) is 6.08 Å². The predicted molar refractivity (Wildman–Crippen MR) is 125 cm³/mol. The molecule has 3 aromatic rings. The molecular formula is C23H19Cl2O4P. The zero-order valence-corrected chi connectivity index (χ0v) is 18.7. The Hall–Kier alpha value is -2.52. The summed E-state index contributed by atoms with van der Waals surface area (Å²) >= 11 is 12.3. The Bertz CT molecular complexity index is 1030. The summed E-state index contributed by atoms with van der Waals surface area (Å²) < 4.78 is 10.8. The smallest absolute Gasteiger partial charge is 0.338 e. The van der Waals surface area contributed by atoms with E-state index in [1.54, 1.807) is 26.4 Å². The molecule has 0 atom stereocenters. The Balaban J connectivity index is 2.05. The number of ether oxygens (including phenoxy) is 2. The first-order valence-electron chi connectivity index (χ1n) is 8.91. The van der Waals surface area contributed by atoms with Gasteiger partial charge in [0.2, 0.25) is 0 Å². The lowest BCUT2D eigenvalue weighted by Crippen LogP contribution is -2.10. The summed E-state index contributed by atoms with van der Waals surface area (Å²) in [4.78, 5) is 11.3. The molecule has 3 aromatic carbocycles. The van der Waals surface area contributed by atoms with Crippen molar-refractivity contribution in [1.29, 1.82) is 0 Å². The Kier molecular flexibility index (Phi) is 7.38. The van der Waals surface area contributed by atoms with E-state index in [1.807, 2.05) is 54.6 Å². The molecule has 7 heteroatoms. The zero-order valence-electron chi connectivity index (χ0n) is 16.3. The lowest BCUT2D eigenvalue weighted by atomic mass is 10.1. The quantitative estimate of drug-likeness (QED) is 0.451. The summed E-state index contributed by atoms with van der Waals surface area (Å²) in [5.74, 6) is 2.46. The second-order valence-electron chi connectivity index (χ2n) is 6.25. The first-order valence-corrected chi connectivity index (χ1v) is 11.1. The first kappa shape index (κ1) is 22.2. The Labute approximate surface area is 186 Å². The number of methoxy groups -OCH3 is 2. The van der Waals surface area contributed by atoms with E-state index in [4.69, 9.17) is 32.7 Å². The average Bonchev–Trinajstić information content (AvgIpc) is 2.73. The molecule has 0 amide bonds. The van der Waals surface area contributed by atoms with Gasteiger partial charge < -0.3 is 14.6 Å². The largest absolute Gasteiger partial charge is 0.497 e. The molecule has 0 spiro atoms. The van der Waals surface area contributed by atoms with E-state index in [0.717, 1.165) is 22.1 Å². The third kappa shape index (κ3) is 5.14. The maximum absolute atomic E-state index is 11.3. The molecule has 0 unspecified atom stereocenters. The molecular weight excluding hydrogens is 442 g/mol. The highest BCUT2D eigenvalue weighted by Crippen LogP contribution is 2.38. The molecule has 0 aliphatic carbocycles. The van der Waals surface area contributed by atoms with Crippen LogP contribution in [0.5, 0.6) is 11.5 Å². The van der Waals surface area contributed by atoms with Crippen molar-refractivity contribution in [2.45, 2.75) is 0 Å². The maximum atomic E-state index is 11.3. The number of aromatic carboxylic acids is 1. The minimum Gasteiger partial charge on any atom is -0.497 e. The van der Waals surface area contributed by atoms with Crippen LogP contribution in [0.4, 0.5) is 0 Å². The van der Waals surface area contributed by atoms with Gasteiger partial charge in [0.1, 0.15) is 11.5 Å². The van der Waals surface area contributed by atoms with Gasteiger partial charge in [-0.1, -0.05) is 59.4 Å². The maximum Gasteiger partial charge on any atom is 0.338 e. The summed E-state index contributed by atoms with van der Waals surface area (Å²) in [5.41, 5.74) is 0.617. The number of hydrogen-bond donors (Lipinski definition) is 1. The van der Waals surface area contributed by atoms with Gasteiger partial charge in [0.25, 0.3) is 0 Å². The SMILES string of the molecule is COc1cccc(P(C=Cc2cc(Cl)c(C(=O)O)c(Cl)c2)c2cccc(OC)c2)c1. The van der Waals surface area contributed by atoms with Gasteiger partial charge >= 0.3 is 5.97 Å². The standard InChI is InChI=1S/C23H19Cl2O4P/c1-28-16-5-3-7-18(13-16)30(19-8-4-6-17(14-19)29-2)10-9-15-11-20(24)22(23(26)27)21(25)12-15/h3-14H,1-2H3,(H,26,27). The fourth-order valence-corrected chi connectivity index (χ4v) is 5.55. The topological polar surface area (TPSA) is 55.8 Å². The van der Waals surface area contributed by atoms with Crippen LogP contribution in [-0.2, 0) is 0 Å². The van der Waals surface area contributed by atoms with Crippen LogP contribution in [0, 0.1) is 0 Å². The van der Waals surface area contributed by atoms with Crippen LogP contribution < -0.4 is 20.1 Å². The molecule has 0 heterocycles. The minimum atomic E-state index is -1.16. The van der Waals surface area contributed by atoms with Gasteiger partial charge in [0, 0.05) is 0 Å². The molecule has 1 N–H and O–H groups in total. The van der Waals surface area contributed by atoms with Gasteiger partial charge in [0.15, 0.2) is 0 Å². The lowest BCUT2D eigenvalue weighted by molar-refractivity contribution is 0.0697. The third-order valence-corrected chi connectivity index (χ3v) is 7.07. The van der Waals surface area contributed by atoms with Crippen LogP contribution in [0.3, 0.4) is 0 Å². The minimum absolute atomic E-state index is 0.0988. The molecule has 0 aliphatic heterocycles. The van der Waals surface area contributed by atoms with Gasteiger partial charge in [-0.15, -0.1) is 0 Å². The van der Waals surface area contributed by atoms with Crippen molar-refractivity contribution in [3.63, 3.8) is 0 Å². The van der Waals surface area contributed by atoms with Crippen LogP contribution in [0.1, 0.15) is 15.9 Å². The van der Waals surface area contributed by atoms with E-state index in [1.165, 1.54) is 0 Å². The fourth-order valence-electron chi connectivity index (χ4n) is 2.90. The van der Waals surface area contributed by atoms with E-state index >= 15 is 0 Å². The van der Waals surface area contributed by atoms with Gasteiger partial charge in [-0.25, -0.2) is 4.79 Å². The van der Waals surface area contributed by atoms with Gasteiger partial charge in [-0.3, -0.25) is 0 Å². The molecule has 0 radical (unpaired) electrons. The normalized spacial score (nSPS) is 11.1. The molecule has 0 aromatic heterocycles. The molecule has 0 saturated heterocycles. The summed E-state index contributed by atoms with van der Waals surface area (Å²) in [7, 11) is 2.37. The van der Waals surface area contributed by atoms with E-state index in [9.17, 15) is 9.90 Å². The van der Waals surface area contributed by atoms with Crippen LogP contribution in [0.2, 0.25) is 10.0 Å². The Morgan fingerprint density at radius 3 is 1.83 bits per heavy atom. The summed E-state index contributed by atoms with van der Waals surface area (Å²) in [5, 5.41) is 11.6. The van der Waals surface area contributed by atoms with Crippen molar-refractivity contribution in [3.8, 4) is 11.5 Å². The number of carboxylic acid groups (broad SMARTS) is 1. The van der Waals surface area contributed by atoms with Crippen molar-refractivity contribution in [3.05, 3.63) is 87.7 Å². The van der Waals surface area contributed by atoms with E-state index < -0.39 is 13.9 Å². The number of benzene rings is 3. The molecule has 0 bridgehead atoms. The number of rotatable bonds is 7. The highest BCUT2D eigenvalue weighted by molar-refractivity contribution is 7.76. The first-order chi connectivity index (χ1) is 14.4. The molecule has 4 nitrogen and oxygen atoms in total. The van der Waals surface area contributed by atoms with Crippen LogP contribution >= 0.6 is 31.1 Å². The van der Waals surface area contributed by atoms with Crippen molar-refractivity contribution < 1.29 is 19.4 Å². The molecule has 0 saturated carbocycles. The Morgan fingerprint density at radius 2 is 1.40 bits per heavy atom. The van der Waals surface area contributed by atoms with Crippen LogP contribution in [0.15, 0.2) is 66.5 Å². The molecule has 154 valence electrons. The monoisotopic (exact) mass is 460 g/mol. The predicted octanol–water partition coefficient (Wildman–Crippen LogP) is 5.81. The summed E-state index contributed by atoms with van der Waals surface area (Å²) in [6, 6.07) is 19.0. The Morgan fingerprint density at radius 1 is 0.900 bits per heavy atom. The number of hydrogen-bond acceptors (Lipinski definition) is 3. The molecule has 0 fully saturated rings. The van der Waals surface area contributed by atoms with Crippen molar-refractivity contribution in [1.82, 2.24) is 0 Å². The third-order valence-electron chi connectivity index (χ3n) is 4.36. The highest BCUT2D eigenvalue weighted by atomic mass is 35.5. The molecule has 0 aliphatic rings. The zero-order chi connectivity index (χ0) is 21.7. The molecule has 3 rings (SSSR count). The lowest BCUT2D eigenvalue weighted by Gasteiger charge is -2.16. The van der Waals surface area contributed by atoms with E-state index in [2.05, 4.69) is 5.82 Å². The number of carboxylic acids is 1. The second-order valence-corrected chi connectivity index (χ2v) is 9.14. The number of halogens is 2. The fraction of sp³-hybridized carbons (Fsp3) is 0.0870. The number of carbonyl (C=O) groups is 1.